The van der Waals surface area contributed by atoms with Gasteiger partial charge in [0, 0.05) is 12.2 Å². The second-order valence-electron chi connectivity index (χ2n) is 8.43. The fraction of sp³-hybridized carbons (Fsp3) is 0.769. The van der Waals surface area contributed by atoms with Crippen LogP contribution < -0.4 is 0 Å². The summed E-state index contributed by atoms with van der Waals surface area (Å²) in [4.78, 5) is 22.5. The minimum atomic E-state index is -0.335. The molecule has 0 bridgehead atoms. The SMILES string of the molecule is C=CC(=O)OCCCCC(CCCCC)(CCCCCC)CCCCOC(=O)C=C. The largest absolute Gasteiger partial charge is 0.463 e. The van der Waals surface area contributed by atoms with E-state index in [-0.39, 0.29) is 11.9 Å². The molecule has 0 unspecified atom stereocenters. The molecule has 0 fully saturated rings. The summed E-state index contributed by atoms with van der Waals surface area (Å²) in [7, 11) is 0. The maximum absolute atomic E-state index is 11.2. The Bertz CT molecular complexity index is 440. The molecule has 0 amide bonds. The van der Waals surface area contributed by atoms with Gasteiger partial charge in [0.15, 0.2) is 0 Å². The Kier molecular flexibility index (Phi) is 18.4. The van der Waals surface area contributed by atoms with Gasteiger partial charge in [-0.05, 0) is 56.8 Å². The molecule has 0 saturated carbocycles. The van der Waals surface area contributed by atoms with Crippen molar-refractivity contribution in [1.82, 2.24) is 0 Å². The van der Waals surface area contributed by atoms with E-state index in [0.29, 0.717) is 18.6 Å². The zero-order chi connectivity index (χ0) is 22.5. The minimum Gasteiger partial charge on any atom is -0.463 e. The fourth-order valence-electron chi connectivity index (χ4n) is 4.09. The van der Waals surface area contributed by atoms with Gasteiger partial charge in [-0.3, -0.25) is 0 Å². The summed E-state index contributed by atoms with van der Waals surface area (Å²) < 4.78 is 10.3. The van der Waals surface area contributed by atoms with E-state index in [2.05, 4.69) is 27.0 Å². The predicted octanol–water partition coefficient (Wildman–Crippen LogP) is 7.32. The summed E-state index contributed by atoms with van der Waals surface area (Å²) in [6.07, 6.45) is 20.3. The molecule has 174 valence electrons. The number of carbonyl (C=O) groups excluding carboxylic acids is 2. The number of hydrogen-bond acceptors (Lipinski definition) is 4. The molecule has 0 aromatic rings. The van der Waals surface area contributed by atoms with E-state index in [1.807, 2.05) is 0 Å². The molecule has 0 aliphatic heterocycles. The molecule has 0 spiro atoms. The van der Waals surface area contributed by atoms with E-state index in [0.717, 1.165) is 25.7 Å². The van der Waals surface area contributed by atoms with Crippen molar-refractivity contribution >= 4 is 11.9 Å². The Hall–Kier alpha value is -1.58. The third-order valence-corrected chi connectivity index (χ3v) is 5.90. The fourth-order valence-corrected chi connectivity index (χ4v) is 4.09. The van der Waals surface area contributed by atoms with Crippen molar-refractivity contribution in [3.8, 4) is 0 Å². The van der Waals surface area contributed by atoms with Crippen molar-refractivity contribution in [2.75, 3.05) is 13.2 Å². The Morgan fingerprint density at radius 3 is 1.40 bits per heavy atom. The van der Waals surface area contributed by atoms with Gasteiger partial charge in [-0.25, -0.2) is 9.59 Å². The number of rotatable bonds is 21. The van der Waals surface area contributed by atoms with Crippen LogP contribution in [0.2, 0.25) is 0 Å². The molecule has 0 atom stereocenters. The van der Waals surface area contributed by atoms with Crippen LogP contribution in [0.4, 0.5) is 0 Å². The monoisotopic (exact) mass is 422 g/mol. The lowest BCUT2D eigenvalue weighted by atomic mass is 9.71. The first-order chi connectivity index (χ1) is 14.5. The van der Waals surface area contributed by atoms with Crippen LogP contribution in [-0.2, 0) is 19.1 Å². The van der Waals surface area contributed by atoms with Gasteiger partial charge < -0.3 is 9.47 Å². The summed E-state index contributed by atoms with van der Waals surface area (Å²) >= 11 is 0. The molecular weight excluding hydrogens is 376 g/mol. The number of carbonyl (C=O) groups is 2. The Morgan fingerprint density at radius 2 is 1.00 bits per heavy atom. The van der Waals surface area contributed by atoms with Gasteiger partial charge in [-0.2, -0.15) is 0 Å². The first-order valence-electron chi connectivity index (χ1n) is 12.1. The highest BCUT2D eigenvalue weighted by Crippen LogP contribution is 2.41. The minimum absolute atomic E-state index is 0.335. The average Bonchev–Trinajstić information content (AvgIpc) is 2.75. The Labute approximate surface area is 185 Å². The van der Waals surface area contributed by atoms with Gasteiger partial charge in [0.25, 0.3) is 0 Å². The third-order valence-electron chi connectivity index (χ3n) is 5.90. The molecule has 0 aromatic carbocycles. The van der Waals surface area contributed by atoms with Crippen molar-refractivity contribution < 1.29 is 19.1 Å². The van der Waals surface area contributed by atoms with Crippen LogP contribution >= 0.6 is 0 Å². The van der Waals surface area contributed by atoms with Crippen molar-refractivity contribution in [2.24, 2.45) is 5.41 Å². The lowest BCUT2D eigenvalue weighted by Crippen LogP contribution is -2.22. The maximum atomic E-state index is 11.2. The van der Waals surface area contributed by atoms with Gasteiger partial charge in [-0.1, -0.05) is 72.0 Å². The van der Waals surface area contributed by atoms with E-state index in [1.165, 1.54) is 82.8 Å². The van der Waals surface area contributed by atoms with E-state index in [4.69, 9.17) is 9.47 Å². The molecule has 0 saturated heterocycles. The molecule has 0 radical (unpaired) electrons. The zero-order valence-corrected chi connectivity index (χ0v) is 19.7. The molecule has 0 aliphatic carbocycles. The van der Waals surface area contributed by atoms with E-state index in [1.54, 1.807) is 0 Å². The van der Waals surface area contributed by atoms with Crippen LogP contribution in [0, 0.1) is 5.41 Å². The van der Waals surface area contributed by atoms with E-state index in [9.17, 15) is 9.59 Å². The summed E-state index contributed by atoms with van der Waals surface area (Å²) in [6, 6.07) is 0. The van der Waals surface area contributed by atoms with Crippen molar-refractivity contribution in [3.05, 3.63) is 25.3 Å². The molecule has 4 nitrogen and oxygen atoms in total. The van der Waals surface area contributed by atoms with Crippen LogP contribution in [-0.4, -0.2) is 25.2 Å². The molecule has 0 heterocycles. The molecule has 0 aromatic heterocycles. The number of unbranched alkanes of at least 4 members (excludes halogenated alkanes) is 7. The van der Waals surface area contributed by atoms with E-state index >= 15 is 0 Å². The van der Waals surface area contributed by atoms with Crippen LogP contribution in [0.3, 0.4) is 0 Å². The van der Waals surface area contributed by atoms with Gasteiger partial charge in [0.05, 0.1) is 13.2 Å². The molecule has 0 aliphatic rings. The number of hydrogen-bond donors (Lipinski definition) is 0. The Morgan fingerprint density at radius 1 is 0.633 bits per heavy atom. The summed E-state index contributed by atoms with van der Waals surface area (Å²) in [5, 5.41) is 0. The highest BCUT2D eigenvalue weighted by Gasteiger charge is 2.28. The van der Waals surface area contributed by atoms with Crippen molar-refractivity contribution in [2.45, 2.75) is 110 Å². The van der Waals surface area contributed by atoms with Gasteiger partial charge in [-0.15, -0.1) is 0 Å². The third kappa shape index (κ3) is 15.3. The maximum Gasteiger partial charge on any atom is 0.330 e. The van der Waals surface area contributed by atoms with Crippen LogP contribution in [0.5, 0.6) is 0 Å². The quantitative estimate of drug-likeness (QED) is 0.110. The first-order valence-corrected chi connectivity index (χ1v) is 12.1. The second kappa shape index (κ2) is 19.4. The lowest BCUT2D eigenvalue weighted by molar-refractivity contribution is -0.138. The summed E-state index contributed by atoms with van der Waals surface area (Å²) in [5.41, 5.74) is 0.355. The smallest absolute Gasteiger partial charge is 0.330 e. The van der Waals surface area contributed by atoms with Crippen LogP contribution in [0.25, 0.3) is 0 Å². The average molecular weight is 423 g/mol. The van der Waals surface area contributed by atoms with Crippen LogP contribution in [0.1, 0.15) is 110 Å². The van der Waals surface area contributed by atoms with Gasteiger partial charge >= 0.3 is 11.9 Å². The van der Waals surface area contributed by atoms with Crippen LogP contribution in [0.15, 0.2) is 25.3 Å². The van der Waals surface area contributed by atoms with E-state index < -0.39 is 0 Å². The first kappa shape index (κ1) is 28.4. The zero-order valence-electron chi connectivity index (χ0n) is 19.7. The highest BCUT2D eigenvalue weighted by atomic mass is 16.5. The van der Waals surface area contributed by atoms with Crippen molar-refractivity contribution in [3.63, 3.8) is 0 Å². The molecule has 0 rings (SSSR count). The topological polar surface area (TPSA) is 52.6 Å². The number of esters is 2. The standard InChI is InChI=1S/C26H46O4/c1-5-9-11-13-19-26(18-12-10-6-2,20-14-16-22-29-24(27)7-3)21-15-17-23-30-25(28)8-4/h7-8H,3-6,9-23H2,1-2H3. The second-order valence-corrected chi connectivity index (χ2v) is 8.43. The Balaban J connectivity index is 4.76. The highest BCUT2D eigenvalue weighted by molar-refractivity contribution is 5.81. The normalized spacial score (nSPS) is 11.1. The molecule has 0 N–H and O–H groups in total. The predicted molar refractivity (Wildman–Crippen MR) is 125 cm³/mol. The van der Waals surface area contributed by atoms with Crippen molar-refractivity contribution in [1.29, 1.82) is 0 Å². The number of ether oxygens (including phenoxy) is 2. The lowest BCUT2D eigenvalue weighted by Gasteiger charge is -2.35. The molecule has 30 heavy (non-hydrogen) atoms. The summed E-state index contributed by atoms with van der Waals surface area (Å²) in [5.74, 6) is -0.671. The summed E-state index contributed by atoms with van der Waals surface area (Å²) in [6.45, 7) is 12.3. The molecule has 4 heteroatoms. The van der Waals surface area contributed by atoms with Gasteiger partial charge in [0.1, 0.15) is 0 Å². The van der Waals surface area contributed by atoms with Gasteiger partial charge in [0.2, 0.25) is 0 Å². The molecular formula is C26H46O4.